The number of nitrogens with two attached hydrogens (primary N) is 1. The molecule has 18 heavy (non-hydrogen) atoms. The fraction of sp³-hybridized carbons (Fsp3) is 0.500. The molecule has 0 aromatic heterocycles. The number of nitrogens with zero attached hydrogens (tertiary/aromatic N) is 1. The summed E-state index contributed by atoms with van der Waals surface area (Å²) in [5, 5.41) is 0. The van der Waals surface area contributed by atoms with Gasteiger partial charge in [-0.1, -0.05) is 12.1 Å². The fourth-order valence-electron chi connectivity index (χ4n) is 2.50. The van der Waals surface area contributed by atoms with Gasteiger partial charge in [-0.2, -0.15) is 0 Å². The van der Waals surface area contributed by atoms with E-state index in [2.05, 4.69) is 0 Å². The van der Waals surface area contributed by atoms with Crippen LogP contribution in [0.5, 0.6) is 5.75 Å². The molecule has 1 heterocycles. The molecule has 1 unspecified atom stereocenters. The van der Waals surface area contributed by atoms with Gasteiger partial charge in [-0.05, 0) is 30.5 Å². The Morgan fingerprint density at radius 3 is 2.78 bits per heavy atom. The Hall–Kier alpha value is -1.55. The van der Waals surface area contributed by atoms with Crippen LogP contribution in [0.15, 0.2) is 24.3 Å². The molecule has 0 bridgehead atoms. The monoisotopic (exact) mass is 248 g/mol. The molecule has 1 amide bonds. The van der Waals surface area contributed by atoms with Crippen molar-refractivity contribution >= 4 is 5.91 Å². The number of benzene rings is 1. The maximum Gasteiger partial charge on any atom is 0.224 e. The summed E-state index contributed by atoms with van der Waals surface area (Å²) in [7, 11) is 1.65. The Balaban J connectivity index is 2.12. The molecule has 2 rings (SSSR count). The van der Waals surface area contributed by atoms with Crippen LogP contribution in [0.25, 0.3) is 0 Å². The van der Waals surface area contributed by atoms with Crippen LogP contribution >= 0.6 is 0 Å². The minimum atomic E-state index is 0.163. The molecule has 4 nitrogen and oxygen atoms in total. The van der Waals surface area contributed by atoms with Crippen molar-refractivity contribution in [2.24, 2.45) is 5.73 Å². The Kier molecular flexibility index (Phi) is 4.20. The van der Waals surface area contributed by atoms with E-state index in [1.165, 1.54) is 5.56 Å². The first-order valence-corrected chi connectivity index (χ1v) is 6.39. The van der Waals surface area contributed by atoms with Crippen molar-refractivity contribution in [2.75, 3.05) is 20.2 Å². The largest absolute Gasteiger partial charge is 0.497 e. The van der Waals surface area contributed by atoms with Crippen LogP contribution < -0.4 is 10.5 Å². The van der Waals surface area contributed by atoms with Gasteiger partial charge in [-0.15, -0.1) is 0 Å². The average molecular weight is 248 g/mol. The summed E-state index contributed by atoms with van der Waals surface area (Å²) in [5.74, 6) is 1.01. The third-order valence-corrected chi connectivity index (χ3v) is 3.43. The molecule has 1 fully saturated rings. The first-order valence-electron chi connectivity index (χ1n) is 6.39. The van der Waals surface area contributed by atoms with Crippen molar-refractivity contribution in [1.29, 1.82) is 0 Å². The van der Waals surface area contributed by atoms with Gasteiger partial charge in [0.15, 0.2) is 0 Å². The second-order valence-electron chi connectivity index (χ2n) is 4.56. The van der Waals surface area contributed by atoms with Gasteiger partial charge in [-0.25, -0.2) is 0 Å². The molecule has 1 aromatic rings. The van der Waals surface area contributed by atoms with Crippen molar-refractivity contribution in [1.82, 2.24) is 4.90 Å². The zero-order chi connectivity index (χ0) is 13.0. The molecule has 0 radical (unpaired) electrons. The maximum atomic E-state index is 12.0. The third-order valence-electron chi connectivity index (χ3n) is 3.43. The lowest BCUT2D eigenvalue weighted by Crippen LogP contribution is -2.31. The van der Waals surface area contributed by atoms with Crippen molar-refractivity contribution in [3.05, 3.63) is 29.8 Å². The van der Waals surface area contributed by atoms with E-state index in [1.54, 1.807) is 7.11 Å². The predicted molar refractivity (Wildman–Crippen MR) is 70.4 cm³/mol. The smallest absolute Gasteiger partial charge is 0.224 e. The van der Waals surface area contributed by atoms with Gasteiger partial charge in [0.05, 0.1) is 13.2 Å². The third kappa shape index (κ3) is 2.64. The van der Waals surface area contributed by atoms with E-state index in [-0.39, 0.29) is 11.9 Å². The van der Waals surface area contributed by atoms with E-state index in [4.69, 9.17) is 10.5 Å². The molecule has 0 aliphatic carbocycles. The quantitative estimate of drug-likeness (QED) is 0.882. The number of likely N-dealkylation sites (tertiary alicyclic amines) is 1. The number of carbonyl (C=O) groups excluding carboxylic acids is 1. The van der Waals surface area contributed by atoms with E-state index in [0.717, 1.165) is 25.1 Å². The molecule has 4 heteroatoms. The Morgan fingerprint density at radius 2 is 2.17 bits per heavy atom. The summed E-state index contributed by atoms with van der Waals surface area (Å²) in [5.41, 5.74) is 6.63. The Bertz CT molecular complexity index is 403. The van der Waals surface area contributed by atoms with Gasteiger partial charge < -0.3 is 15.4 Å². The molecule has 0 saturated carbocycles. The number of carbonyl (C=O) groups is 1. The zero-order valence-corrected chi connectivity index (χ0v) is 10.8. The summed E-state index contributed by atoms with van der Waals surface area (Å²) >= 11 is 0. The van der Waals surface area contributed by atoms with Gasteiger partial charge in [-0.3, -0.25) is 4.79 Å². The van der Waals surface area contributed by atoms with Crippen LogP contribution in [-0.2, 0) is 4.79 Å². The van der Waals surface area contributed by atoms with E-state index in [1.807, 2.05) is 29.2 Å². The minimum absolute atomic E-state index is 0.163. The number of hydrogen-bond donors (Lipinski definition) is 1. The number of amides is 1. The van der Waals surface area contributed by atoms with E-state index < -0.39 is 0 Å². The highest BCUT2D eigenvalue weighted by atomic mass is 16.5. The lowest BCUT2D eigenvalue weighted by atomic mass is 10.0. The molecule has 1 aliphatic rings. The molecule has 1 saturated heterocycles. The summed E-state index contributed by atoms with van der Waals surface area (Å²) < 4.78 is 5.15. The Morgan fingerprint density at radius 1 is 1.44 bits per heavy atom. The highest BCUT2D eigenvalue weighted by Gasteiger charge is 2.29. The number of rotatable bonds is 4. The van der Waals surface area contributed by atoms with Gasteiger partial charge in [0.25, 0.3) is 0 Å². The SMILES string of the molecule is COc1ccc(C2CCCN2C(=O)CCN)cc1. The first-order chi connectivity index (χ1) is 8.76. The topological polar surface area (TPSA) is 55.6 Å². The minimum Gasteiger partial charge on any atom is -0.497 e. The van der Waals surface area contributed by atoms with Crippen LogP contribution in [0.3, 0.4) is 0 Å². The van der Waals surface area contributed by atoms with Crippen LogP contribution in [0.2, 0.25) is 0 Å². The molecule has 2 N–H and O–H groups in total. The lowest BCUT2D eigenvalue weighted by Gasteiger charge is -2.25. The molecular weight excluding hydrogens is 228 g/mol. The number of hydrogen-bond acceptors (Lipinski definition) is 3. The van der Waals surface area contributed by atoms with Crippen molar-refractivity contribution < 1.29 is 9.53 Å². The van der Waals surface area contributed by atoms with Gasteiger partial charge in [0.1, 0.15) is 5.75 Å². The lowest BCUT2D eigenvalue weighted by molar-refractivity contribution is -0.131. The second-order valence-corrected chi connectivity index (χ2v) is 4.56. The summed E-state index contributed by atoms with van der Waals surface area (Å²) in [6.45, 7) is 1.26. The standard InChI is InChI=1S/C14H20N2O2/c1-18-12-6-4-11(5-7-12)13-3-2-10-16(13)14(17)8-9-15/h4-7,13H,2-3,8-10,15H2,1H3. The van der Waals surface area contributed by atoms with Crippen molar-refractivity contribution in [2.45, 2.75) is 25.3 Å². The second kappa shape index (κ2) is 5.87. The van der Waals surface area contributed by atoms with Gasteiger partial charge in [0, 0.05) is 19.5 Å². The molecular formula is C14H20N2O2. The van der Waals surface area contributed by atoms with Crippen LogP contribution in [-0.4, -0.2) is 31.0 Å². The molecule has 98 valence electrons. The molecule has 1 atom stereocenters. The first kappa shape index (κ1) is 12.9. The van der Waals surface area contributed by atoms with Crippen LogP contribution in [0.1, 0.15) is 30.9 Å². The van der Waals surface area contributed by atoms with Crippen molar-refractivity contribution in [3.8, 4) is 5.75 Å². The molecule has 0 spiro atoms. The summed E-state index contributed by atoms with van der Waals surface area (Å²) in [6, 6.07) is 8.17. The summed E-state index contributed by atoms with van der Waals surface area (Å²) in [6.07, 6.45) is 2.53. The average Bonchev–Trinajstić information content (AvgIpc) is 2.88. The van der Waals surface area contributed by atoms with Gasteiger partial charge >= 0.3 is 0 Å². The normalized spacial score (nSPS) is 19.0. The zero-order valence-electron chi connectivity index (χ0n) is 10.8. The maximum absolute atomic E-state index is 12.0. The summed E-state index contributed by atoms with van der Waals surface area (Å²) in [4.78, 5) is 13.9. The predicted octanol–water partition coefficient (Wildman–Crippen LogP) is 1.71. The fourth-order valence-corrected chi connectivity index (χ4v) is 2.50. The van der Waals surface area contributed by atoms with Gasteiger partial charge in [0.2, 0.25) is 5.91 Å². The molecule has 1 aromatic carbocycles. The molecule has 1 aliphatic heterocycles. The highest BCUT2D eigenvalue weighted by Crippen LogP contribution is 2.32. The number of ether oxygens (including phenoxy) is 1. The number of methoxy groups -OCH3 is 1. The van der Waals surface area contributed by atoms with E-state index in [0.29, 0.717) is 13.0 Å². The highest BCUT2D eigenvalue weighted by molar-refractivity contribution is 5.77. The van der Waals surface area contributed by atoms with Crippen LogP contribution in [0, 0.1) is 0 Å². The van der Waals surface area contributed by atoms with Crippen molar-refractivity contribution in [3.63, 3.8) is 0 Å². The Labute approximate surface area is 108 Å². The van der Waals surface area contributed by atoms with E-state index >= 15 is 0 Å². The van der Waals surface area contributed by atoms with Crippen LogP contribution in [0.4, 0.5) is 0 Å². The van der Waals surface area contributed by atoms with E-state index in [9.17, 15) is 4.79 Å².